The molecule has 3 rings (SSSR count). The van der Waals surface area contributed by atoms with E-state index in [0.29, 0.717) is 44.2 Å². The molecule has 14 heteroatoms. The van der Waals surface area contributed by atoms with Gasteiger partial charge in [0.25, 0.3) is 10.0 Å². The van der Waals surface area contributed by atoms with E-state index in [1.54, 1.807) is 14.0 Å². The lowest BCUT2D eigenvalue weighted by atomic mass is 9.85. The van der Waals surface area contributed by atoms with Crippen LogP contribution in [-0.2, 0) is 34.1 Å². The van der Waals surface area contributed by atoms with E-state index in [1.165, 1.54) is 25.1 Å². The van der Waals surface area contributed by atoms with Crippen LogP contribution >= 0.6 is 11.3 Å². The number of aliphatic hydroxyl groups is 2. The zero-order valence-electron chi connectivity index (χ0n) is 28.9. The molecule has 1 aromatic heterocycles. The summed E-state index contributed by atoms with van der Waals surface area (Å²) in [7, 11) is -5.97. The number of sulfonamides is 1. The summed E-state index contributed by atoms with van der Waals surface area (Å²) in [5.41, 5.74) is 0.473. The van der Waals surface area contributed by atoms with Crippen LogP contribution in [0.4, 0.5) is 0 Å². The van der Waals surface area contributed by atoms with Crippen molar-refractivity contribution < 1.29 is 41.3 Å². The van der Waals surface area contributed by atoms with Gasteiger partial charge in [-0.1, -0.05) is 45.3 Å². The van der Waals surface area contributed by atoms with Crippen LogP contribution in [-0.4, -0.2) is 83.1 Å². The zero-order chi connectivity index (χ0) is 35.3. The molecule has 0 radical (unpaired) electrons. The highest BCUT2D eigenvalue weighted by Gasteiger charge is 2.41. The van der Waals surface area contributed by atoms with Crippen LogP contribution in [0.3, 0.4) is 0 Å². The van der Waals surface area contributed by atoms with E-state index in [1.807, 2.05) is 19.1 Å². The van der Waals surface area contributed by atoms with Crippen molar-refractivity contribution in [3.8, 4) is 0 Å². The second-order valence-corrected chi connectivity index (χ2v) is 18.5. The molecule has 2 aliphatic rings. The average molecular weight is 733 g/mol. The molecular weight excluding hydrogens is 677 g/mol. The van der Waals surface area contributed by atoms with Gasteiger partial charge in [0.15, 0.2) is 9.84 Å². The second-order valence-electron chi connectivity index (χ2n) is 13.0. The molecule has 1 aliphatic carbocycles. The van der Waals surface area contributed by atoms with Gasteiger partial charge in [0.2, 0.25) is 0 Å². The number of ether oxygens (including phenoxy) is 2. The maximum atomic E-state index is 12.8. The SMILES string of the molecule is CCCCC[C@@H](CC[C@@H]1[C@@H](C/C=C\CCCC(=O)OCCC=NS(=O)(=O)c2cc3c(s2)S(=O)(=O)[C@@H](C)C[C@@H]3NCC)[C@@H](O)C[C@H]1O)OC. The average Bonchev–Trinajstić information content (AvgIpc) is 3.62. The van der Waals surface area contributed by atoms with Gasteiger partial charge in [-0.2, -0.15) is 12.8 Å². The standard InChI is InChI=1S/C34H56N2O9S3/c1-5-7-10-14-25(44-4)17-18-27-26(30(37)23-31(27)38)15-11-8-9-12-16-32(39)45-20-13-19-36-48(42,43)33-22-28-29(35-6-2)21-24(3)47(40,41)34(28)46-33/h8,11,19,22,24-27,29-31,35,37-38H,5-7,9-10,12-18,20-21,23H2,1-4H3/b11-8-,36-19?/t24-,25-,26+,27+,29-,30-,31+/m0/s1. The molecule has 1 aliphatic heterocycles. The topological polar surface area (TPSA) is 169 Å². The van der Waals surface area contributed by atoms with Gasteiger partial charge in [-0.25, -0.2) is 8.42 Å². The molecule has 0 bridgehead atoms. The summed E-state index contributed by atoms with van der Waals surface area (Å²) >= 11 is 0.731. The van der Waals surface area contributed by atoms with Crippen LogP contribution in [0.2, 0.25) is 0 Å². The number of carbonyl (C=O) groups is 1. The number of unbranched alkanes of at least 4 members (excludes halogenated alkanes) is 3. The predicted octanol–water partition coefficient (Wildman–Crippen LogP) is 5.51. The summed E-state index contributed by atoms with van der Waals surface area (Å²) in [6.07, 6.45) is 13.5. The first-order chi connectivity index (χ1) is 22.8. The van der Waals surface area contributed by atoms with Gasteiger partial charge in [-0.05, 0) is 82.7 Å². The van der Waals surface area contributed by atoms with Crippen LogP contribution in [0, 0.1) is 11.8 Å². The van der Waals surface area contributed by atoms with Crippen molar-refractivity contribution in [1.82, 2.24) is 5.32 Å². The smallest absolute Gasteiger partial charge is 0.305 e. The van der Waals surface area contributed by atoms with Gasteiger partial charge in [-0.15, -0.1) is 11.3 Å². The molecule has 7 atom stereocenters. The second kappa shape index (κ2) is 19.6. The minimum Gasteiger partial charge on any atom is -0.465 e. The lowest BCUT2D eigenvalue weighted by molar-refractivity contribution is -0.143. The number of esters is 1. The third kappa shape index (κ3) is 11.4. The summed E-state index contributed by atoms with van der Waals surface area (Å²) in [6.45, 7) is 6.32. The lowest BCUT2D eigenvalue weighted by Crippen LogP contribution is -2.33. The Kier molecular flexibility index (Phi) is 16.7. The van der Waals surface area contributed by atoms with Crippen LogP contribution < -0.4 is 5.32 Å². The molecule has 2 heterocycles. The number of carbonyl (C=O) groups excluding carboxylic acids is 1. The summed E-state index contributed by atoms with van der Waals surface area (Å²) in [5, 5.41) is 23.8. The summed E-state index contributed by atoms with van der Waals surface area (Å²) in [5.74, 6) is -0.356. The molecule has 274 valence electrons. The number of allylic oxidation sites excluding steroid dienone is 2. The van der Waals surface area contributed by atoms with E-state index in [0.717, 1.165) is 37.0 Å². The molecule has 0 saturated heterocycles. The first-order valence-corrected chi connectivity index (χ1v) is 21.2. The summed E-state index contributed by atoms with van der Waals surface area (Å²) in [4.78, 5) is 12.2. The fraction of sp³-hybridized carbons (Fsp3) is 0.765. The van der Waals surface area contributed by atoms with Crippen molar-refractivity contribution in [1.29, 1.82) is 0 Å². The van der Waals surface area contributed by atoms with Crippen molar-refractivity contribution in [2.24, 2.45) is 16.2 Å². The number of fused-ring (bicyclic) bond motifs is 1. The number of methoxy groups -OCH3 is 1. The number of thiophene rings is 1. The molecule has 1 saturated carbocycles. The van der Waals surface area contributed by atoms with E-state index >= 15 is 0 Å². The normalized spacial score (nSPS) is 26.3. The number of sulfone groups is 1. The van der Waals surface area contributed by atoms with E-state index < -0.39 is 37.3 Å². The molecular formula is C34H56N2O9S3. The Hall–Kier alpha value is -1.68. The van der Waals surface area contributed by atoms with Crippen molar-refractivity contribution in [3.63, 3.8) is 0 Å². The molecule has 0 unspecified atom stereocenters. The van der Waals surface area contributed by atoms with E-state index in [4.69, 9.17) is 9.47 Å². The van der Waals surface area contributed by atoms with Crippen molar-refractivity contribution in [3.05, 3.63) is 23.8 Å². The maximum absolute atomic E-state index is 12.8. The van der Waals surface area contributed by atoms with E-state index in [-0.39, 0.29) is 57.8 Å². The van der Waals surface area contributed by atoms with Crippen LogP contribution in [0.15, 0.2) is 31.0 Å². The molecule has 0 amide bonds. The van der Waals surface area contributed by atoms with Gasteiger partial charge in [0.1, 0.15) is 8.42 Å². The van der Waals surface area contributed by atoms with Crippen molar-refractivity contribution in [2.45, 2.75) is 142 Å². The monoisotopic (exact) mass is 732 g/mol. The number of rotatable bonds is 21. The van der Waals surface area contributed by atoms with Gasteiger partial charge in [0, 0.05) is 37.8 Å². The highest BCUT2D eigenvalue weighted by Crippen LogP contribution is 2.43. The summed E-state index contributed by atoms with van der Waals surface area (Å²) < 4.78 is 65.8. The quantitative estimate of drug-likeness (QED) is 0.0635. The number of nitrogens with one attached hydrogen (secondary N) is 1. The zero-order valence-corrected chi connectivity index (χ0v) is 31.3. The highest BCUT2D eigenvalue weighted by molar-refractivity contribution is 7.96. The Morgan fingerprint density at radius 1 is 1.10 bits per heavy atom. The highest BCUT2D eigenvalue weighted by atomic mass is 32.3. The fourth-order valence-corrected chi connectivity index (χ4v) is 11.6. The van der Waals surface area contributed by atoms with Crippen LogP contribution in [0.25, 0.3) is 0 Å². The molecule has 48 heavy (non-hydrogen) atoms. The Morgan fingerprint density at radius 3 is 2.56 bits per heavy atom. The van der Waals surface area contributed by atoms with Gasteiger partial charge in [0.05, 0.1) is 30.2 Å². The number of hydrogen-bond acceptors (Lipinski definition) is 11. The van der Waals surface area contributed by atoms with Gasteiger partial charge in [-0.3, -0.25) is 4.79 Å². The predicted molar refractivity (Wildman–Crippen MR) is 189 cm³/mol. The molecule has 11 nitrogen and oxygen atoms in total. The fourth-order valence-electron chi connectivity index (χ4n) is 6.69. The van der Waals surface area contributed by atoms with Crippen LogP contribution in [0.1, 0.15) is 116 Å². The molecule has 3 N–H and O–H groups in total. The van der Waals surface area contributed by atoms with Crippen LogP contribution in [0.5, 0.6) is 0 Å². The first-order valence-electron chi connectivity index (χ1n) is 17.4. The lowest BCUT2D eigenvalue weighted by Gasteiger charge is -2.27. The maximum Gasteiger partial charge on any atom is 0.305 e. The Balaban J connectivity index is 1.37. The first kappa shape index (κ1) is 40.7. The minimum absolute atomic E-state index is 0.00300. The van der Waals surface area contributed by atoms with Crippen molar-refractivity contribution >= 4 is 43.4 Å². The molecule has 1 fully saturated rings. The van der Waals surface area contributed by atoms with Crippen molar-refractivity contribution in [2.75, 3.05) is 20.3 Å². The third-order valence-electron chi connectivity index (χ3n) is 9.49. The minimum atomic E-state index is -4.10. The Bertz CT molecular complexity index is 1420. The number of aliphatic hydroxyl groups excluding tert-OH is 2. The number of hydrogen-bond donors (Lipinski definition) is 3. The van der Waals surface area contributed by atoms with E-state index in [2.05, 4.69) is 16.6 Å². The van der Waals surface area contributed by atoms with Gasteiger partial charge >= 0.3 is 5.97 Å². The third-order valence-corrected chi connectivity index (χ3v) is 15.1. The Labute approximate surface area is 291 Å². The molecule has 0 spiro atoms. The number of nitrogens with zero attached hydrogens (tertiary/aromatic N) is 1. The van der Waals surface area contributed by atoms with E-state index in [9.17, 15) is 31.8 Å². The summed E-state index contributed by atoms with van der Waals surface area (Å²) in [6, 6.07) is 1.16. The largest absolute Gasteiger partial charge is 0.465 e. The molecule has 1 aromatic rings. The molecule has 0 aromatic carbocycles. The Morgan fingerprint density at radius 2 is 1.85 bits per heavy atom. The van der Waals surface area contributed by atoms with Gasteiger partial charge < -0.3 is 25.0 Å².